The molecule has 24 heavy (non-hydrogen) atoms. The molecule has 0 saturated carbocycles. The molecule has 1 aliphatic heterocycles. The Labute approximate surface area is 146 Å². The van der Waals surface area contributed by atoms with Gasteiger partial charge in [0, 0.05) is 25.3 Å². The van der Waals surface area contributed by atoms with Crippen molar-refractivity contribution >= 4 is 5.91 Å². The first-order valence-electron chi connectivity index (χ1n) is 8.88. The highest BCUT2D eigenvalue weighted by atomic mass is 16.5. The third-order valence-electron chi connectivity index (χ3n) is 4.45. The molecule has 1 aliphatic rings. The molecule has 0 aromatic heterocycles. The Morgan fingerprint density at radius 3 is 2.54 bits per heavy atom. The van der Waals surface area contributed by atoms with Crippen LogP contribution < -0.4 is 10.1 Å². The van der Waals surface area contributed by atoms with Crippen molar-refractivity contribution in [2.24, 2.45) is 11.8 Å². The van der Waals surface area contributed by atoms with E-state index in [0.29, 0.717) is 19.6 Å². The Hall–Kier alpha value is -1.95. The van der Waals surface area contributed by atoms with E-state index in [1.54, 1.807) is 0 Å². The summed E-state index contributed by atoms with van der Waals surface area (Å²) in [5.41, 5.74) is 1.43. The molecule has 1 aromatic rings. The monoisotopic (exact) mass is 327 g/mol. The molecule has 1 amide bonds. The van der Waals surface area contributed by atoms with Gasteiger partial charge in [-0.15, -0.1) is 11.8 Å². The molecule has 0 spiro atoms. The molecule has 1 aromatic carbocycles. The second-order valence-electron chi connectivity index (χ2n) is 7.50. The Balaban J connectivity index is 1.90. The molecule has 2 rings (SSSR count). The number of hydrogen-bond donors (Lipinski definition) is 1. The number of nitrogens with one attached hydrogen (secondary N) is 1. The molecule has 1 N–H and O–H groups in total. The van der Waals surface area contributed by atoms with Crippen LogP contribution in [0, 0.1) is 23.7 Å². The Morgan fingerprint density at radius 1 is 1.21 bits per heavy atom. The number of benzene rings is 1. The average molecular weight is 327 g/mol. The van der Waals surface area contributed by atoms with E-state index >= 15 is 0 Å². The second-order valence-corrected chi connectivity index (χ2v) is 7.50. The van der Waals surface area contributed by atoms with Crippen molar-refractivity contribution in [3.05, 3.63) is 29.8 Å². The summed E-state index contributed by atoms with van der Waals surface area (Å²) in [5, 5.41) is 2.94. The first-order chi connectivity index (χ1) is 11.4. The second kappa shape index (κ2) is 8.24. The largest absolute Gasteiger partial charge is 0.493 e. The number of carbonyl (C=O) groups excluding carboxylic acids is 1. The zero-order valence-corrected chi connectivity index (χ0v) is 15.3. The fourth-order valence-corrected chi connectivity index (χ4v) is 2.80. The zero-order valence-electron chi connectivity index (χ0n) is 15.3. The van der Waals surface area contributed by atoms with E-state index in [1.807, 2.05) is 12.1 Å². The van der Waals surface area contributed by atoms with Gasteiger partial charge in [-0.2, -0.15) is 0 Å². The van der Waals surface area contributed by atoms with Crippen LogP contribution in [0.2, 0.25) is 0 Å². The van der Waals surface area contributed by atoms with E-state index in [4.69, 9.17) is 4.74 Å². The van der Waals surface area contributed by atoms with Gasteiger partial charge in [0.1, 0.15) is 5.75 Å². The number of unbranched alkanes of at least 4 members (excludes halogenated alkanes) is 1. The molecule has 3 nitrogen and oxygen atoms in total. The number of ether oxygens (including phenoxy) is 1. The number of hydrogen-bond acceptors (Lipinski definition) is 2. The Bertz CT molecular complexity index is 601. The van der Waals surface area contributed by atoms with Crippen molar-refractivity contribution in [3.63, 3.8) is 0 Å². The molecule has 0 radical (unpaired) electrons. The van der Waals surface area contributed by atoms with Crippen LogP contribution in [-0.2, 0) is 10.2 Å². The fraction of sp³-hybridized carbons (Fsp3) is 0.571. The summed E-state index contributed by atoms with van der Waals surface area (Å²) in [6.45, 7) is 9.93. The van der Waals surface area contributed by atoms with Crippen molar-refractivity contribution in [2.45, 2.75) is 52.4 Å². The van der Waals surface area contributed by atoms with Crippen LogP contribution in [0.25, 0.3) is 0 Å². The highest BCUT2D eigenvalue weighted by molar-refractivity contribution is 5.81. The molecule has 3 heteroatoms. The summed E-state index contributed by atoms with van der Waals surface area (Å²) in [4.78, 5) is 12.0. The summed E-state index contributed by atoms with van der Waals surface area (Å²) in [6.07, 6.45) is 2.58. The van der Waals surface area contributed by atoms with Gasteiger partial charge in [-0.25, -0.2) is 0 Å². The number of carbonyl (C=O) groups is 1. The van der Waals surface area contributed by atoms with Crippen molar-refractivity contribution < 1.29 is 9.53 Å². The summed E-state index contributed by atoms with van der Waals surface area (Å²) >= 11 is 0. The van der Waals surface area contributed by atoms with Crippen molar-refractivity contribution in [1.82, 2.24) is 5.32 Å². The predicted octanol–water partition coefficient (Wildman–Crippen LogP) is 3.92. The predicted molar refractivity (Wildman–Crippen MR) is 97.9 cm³/mol. The van der Waals surface area contributed by atoms with Crippen LogP contribution in [0.3, 0.4) is 0 Å². The summed E-state index contributed by atoms with van der Waals surface area (Å²) < 4.78 is 5.92. The van der Waals surface area contributed by atoms with Gasteiger partial charge < -0.3 is 10.1 Å². The highest BCUT2D eigenvalue weighted by Gasteiger charge is 2.34. The lowest BCUT2D eigenvalue weighted by atomic mass is 9.87. The molecular formula is C21H29NO2. The first kappa shape index (κ1) is 18.4. The lowest BCUT2D eigenvalue weighted by Gasteiger charge is -2.20. The molecule has 1 saturated heterocycles. The van der Waals surface area contributed by atoms with Gasteiger partial charge in [0.15, 0.2) is 0 Å². The quantitative estimate of drug-likeness (QED) is 0.833. The van der Waals surface area contributed by atoms with E-state index in [9.17, 15) is 4.79 Å². The van der Waals surface area contributed by atoms with Crippen LogP contribution in [-0.4, -0.2) is 19.1 Å². The normalized spacial score (nSPS) is 20.2. The van der Waals surface area contributed by atoms with E-state index in [0.717, 1.165) is 18.6 Å². The molecule has 130 valence electrons. The van der Waals surface area contributed by atoms with E-state index in [-0.39, 0.29) is 23.2 Å². The van der Waals surface area contributed by atoms with Crippen LogP contribution >= 0.6 is 0 Å². The standard InChI is InChI=1S/C21H29NO2/c1-5-6-7-8-9-19-16(14-22-20(19)23)15-24-18-12-10-17(11-13-18)21(2,3)4/h10-13,16,19H,5-6,9,14-15H2,1-4H3,(H,22,23)/t16-,19-/m1/s1. The Kier molecular flexibility index (Phi) is 6.31. The van der Waals surface area contributed by atoms with Gasteiger partial charge in [-0.05, 0) is 29.5 Å². The minimum absolute atomic E-state index is 0.0526. The van der Waals surface area contributed by atoms with Gasteiger partial charge in [-0.1, -0.05) is 39.8 Å². The van der Waals surface area contributed by atoms with E-state index in [1.165, 1.54) is 5.56 Å². The van der Waals surface area contributed by atoms with Crippen LogP contribution in [0.15, 0.2) is 24.3 Å². The zero-order chi connectivity index (χ0) is 17.6. The minimum atomic E-state index is -0.0526. The molecule has 0 unspecified atom stereocenters. The maximum absolute atomic E-state index is 12.0. The van der Waals surface area contributed by atoms with Crippen molar-refractivity contribution in [1.29, 1.82) is 0 Å². The van der Waals surface area contributed by atoms with Crippen molar-refractivity contribution in [3.8, 4) is 17.6 Å². The average Bonchev–Trinajstić information content (AvgIpc) is 2.89. The molecule has 1 heterocycles. The van der Waals surface area contributed by atoms with Gasteiger partial charge in [0.25, 0.3) is 0 Å². The smallest absolute Gasteiger partial charge is 0.224 e. The maximum Gasteiger partial charge on any atom is 0.224 e. The first-order valence-corrected chi connectivity index (χ1v) is 8.88. The van der Waals surface area contributed by atoms with E-state index in [2.05, 4.69) is 57.0 Å². The lowest BCUT2D eigenvalue weighted by Crippen LogP contribution is -2.22. The molecule has 0 aliphatic carbocycles. The molecule has 1 fully saturated rings. The van der Waals surface area contributed by atoms with E-state index < -0.39 is 0 Å². The summed E-state index contributed by atoms with van der Waals surface area (Å²) in [7, 11) is 0. The summed E-state index contributed by atoms with van der Waals surface area (Å²) in [5.74, 6) is 7.38. The van der Waals surface area contributed by atoms with Gasteiger partial charge in [0.2, 0.25) is 5.91 Å². The van der Waals surface area contributed by atoms with Crippen molar-refractivity contribution in [2.75, 3.05) is 13.2 Å². The van der Waals surface area contributed by atoms with Crippen LogP contribution in [0.5, 0.6) is 5.75 Å². The van der Waals surface area contributed by atoms with Gasteiger partial charge in [0.05, 0.1) is 12.5 Å². The lowest BCUT2D eigenvalue weighted by molar-refractivity contribution is -0.122. The third kappa shape index (κ3) is 5.03. The van der Waals surface area contributed by atoms with Crippen LogP contribution in [0.1, 0.15) is 52.5 Å². The Morgan fingerprint density at radius 2 is 1.92 bits per heavy atom. The van der Waals surface area contributed by atoms with Crippen LogP contribution in [0.4, 0.5) is 0 Å². The minimum Gasteiger partial charge on any atom is -0.493 e. The fourth-order valence-electron chi connectivity index (χ4n) is 2.80. The molecular weight excluding hydrogens is 298 g/mol. The molecule has 0 bridgehead atoms. The third-order valence-corrected chi connectivity index (χ3v) is 4.45. The molecule has 2 atom stereocenters. The van der Waals surface area contributed by atoms with Gasteiger partial charge in [-0.3, -0.25) is 4.79 Å². The highest BCUT2D eigenvalue weighted by Crippen LogP contribution is 2.26. The SMILES string of the molecule is CCCC#CC[C@H]1C(=O)NC[C@@H]1COc1ccc(C(C)(C)C)cc1. The summed E-state index contributed by atoms with van der Waals surface area (Å²) in [6, 6.07) is 8.25. The maximum atomic E-state index is 12.0. The topological polar surface area (TPSA) is 38.3 Å². The number of amides is 1. The number of rotatable bonds is 5. The van der Waals surface area contributed by atoms with Gasteiger partial charge >= 0.3 is 0 Å².